The van der Waals surface area contributed by atoms with Gasteiger partial charge in [-0.15, -0.1) is 0 Å². The summed E-state index contributed by atoms with van der Waals surface area (Å²) in [5.74, 6) is -2.77. The van der Waals surface area contributed by atoms with Crippen LogP contribution in [0.3, 0.4) is 0 Å². The lowest BCUT2D eigenvalue weighted by atomic mass is 9.86. The Hall–Kier alpha value is -2.16. The predicted octanol–water partition coefficient (Wildman–Crippen LogP) is -0.522. The Balaban J connectivity index is 3.12. The van der Waals surface area contributed by atoms with Gasteiger partial charge in [-0.05, 0) is 0 Å². The first-order chi connectivity index (χ1) is 10.6. The maximum absolute atomic E-state index is 11.3. The third kappa shape index (κ3) is 5.51. The van der Waals surface area contributed by atoms with Gasteiger partial charge in [0.25, 0.3) is 0 Å². The lowest BCUT2D eigenvalue weighted by Crippen LogP contribution is -2.60. The summed E-state index contributed by atoms with van der Waals surface area (Å²) in [6.07, 6.45) is -6.18. The number of aliphatic hydroxyl groups excluding tert-OH is 1. The monoisotopic (exact) mass is 332 g/mol. The molecule has 5 atom stereocenters. The highest BCUT2D eigenvalue weighted by Crippen LogP contribution is 2.30. The molecule has 1 aliphatic rings. The van der Waals surface area contributed by atoms with Gasteiger partial charge in [-0.1, -0.05) is 0 Å². The van der Waals surface area contributed by atoms with Crippen molar-refractivity contribution in [1.29, 1.82) is 0 Å². The first kappa shape index (κ1) is 18.9. The zero-order valence-corrected chi connectivity index (χ0v) is 13.3. The lowest BCUT2D eigenvalue weighted by Gasteiger charge is -2.42. The second-order valence-corrected chi connectivity index (χ2v) is 5.17. The molecular formula is C14H20O9. The van der Waals surface area contributed by atoms with E-state index in [-0.39, 0.29) is 6.42 Å². The van der Waals surface area contributed by atoms with Crippen molar-refractivity contribution in [3.63, 3.8) is 0 Å². The van der Waals surface area contributed by atoms with Gasteiger partial charge in [0.15, 0.2) is 12.2 Å². The van der Waals surface area contributed by atoms with Crippen molar-refractivity contribution in [3.8, 4) is 0 Å². The minimum atomic E-state index is -1.43. The number of carbonyl (C=O) groups excluding carboxylic acids is 4. The fraction of sp³-hybridized carbons (Fsp3) is 0.714. The molecule has 0 aromatic rings. The summed E-state index contributed by atoms with van der Waals surface area (Å²) in [7, 11) is 0. The summed E-state index contributed by atoms with van der Waals surface area (Å²) in [6, 6.07) is 0. The maximum atomic E-state index is 11.3. The summed E-state index contributed by atoms with van der Waals surface area (Å²) in [4.78, 5) is 44.9. The van der Waals surface area contributed by atoms with Crippen molar-refractivity contribution in [2.75, 3.05) is 0 Å². The third-order valence-electron chi connectivity index (χ3n) is 3.11. The molecule has 0 saturated heterocycles. The molecule has 0 spiro atoms. The molecule has 0 aliphatic heterocycles. The van der Waals surface area contributed by atoms with E-state index in [1.807, 2.05) is 0 Å². The van der Waals surface area contributed by atoms with Crippen molar-refractivity contribution in [2.24, 2.45) is 0 Å². The Morgan fingerprint density at radius 2 is 1.09 bits per heavy atom. The van der Waals surface area contributed by atoms with Crippen molar-refractivity contribution in [2.45, 2.75) is 64.6 Å². The number of carbonyl (C=O) groups is 4. The predicted molar refractivity (Wildman–Crippen MR) is 72.8 cm³/mol. The van der Waals surface area contributed by atoms with Crippen LogP contribution < -0.4 is 0 Å². The Labute approximate surface area is 132 Å². The van der Waals surface area contributed by atoms with Crippen LogP contribution in [0.5, 0.6) is 0 Å². The Morgan fingerprint density at radius 1 is 0.696 bits per heavy atom. The minimum Gasteiger partial charge on any atom is -0.459 e. The van der Waals surface area contributed by atoms with Crippen LogP contribution in [0.4, 0.5) is 0 Å². The van der Waals surface area contributed by atoms with Gasteiger partial charge >= 0.3 is 23.9 Å². The molecule has 0 unspecified atom stereocenters. The number of hydrogen-bond acceptors (Lipinski definition) is 9. The van der Waals surface area contributed by atoms with Gasteiger partial charge in [0.2, 0.25) is 0 Å². The molecule has 1 aliphatic carbocycles. The molecule has 1 N–H and O–H groups in total. The van der Waals surface area contributed by atoms with E-state index in [0.29, 0.717) is 0 Å². The number of hydrogen-bond donors (Lipinski definition) is 1. The lowest BCUT2D eigenvalue weighted by molar-refractivity contribution is -0.223. The van der Waals surface area contributed by atoms with E-state index >= 15 is 0 Å². The van der Waals surface area contributed by atoms with Gasteiger partial charge in [-0.3, -0.25) is 19.2 Å². The van der Waals surface area contributed by atoms with Crippen LogP contribution in [0.2, 0.25) is 0 Å². The van der Waals surface area contributed by atoms with Gasteiger partial charge in [-0.25, -0.2) is 0 Å². The van der Waals surface area contributed by atoms with Crippen molar-refractivity contribution in [1.82, 2.24) is 0 Å². The van der Waals surface area contributed by atoms with Crippen molar-refractivity contribution < 1.29 is 43.2 Å². The van der Waals surface area contributed by atoms with Gasteiger partial charge < -0.3 is 24.1 Å². The summed E-state index contributed by atoms with van der Waals surface area (Å²) in [5, 5.41) is 10.3. The van der Waals surface area contributed by atoms with Crippen molar-refractivity contribution >= 4 is 23.9 Å². The maximum Gasteiger partial charge on any atom is 0.303 e. The van der Waals surface area contributed by atoms with E-state index in [9.17, 15) is 24.3 Å². The molecule has 0 radical (unpaired) electrons. The van der Waals surface area contributed by atoms with E-state index in [0.717, 1.165) is 27.7 Å². The van der Waals surface area contributed by atoms with Gasteiger partial charge in [0.05, 0.1) is 0 Å². The van der Waals surface area contributed by atoms with E-state index in [1.54, 1.807) is 0 Å². The fourth-order valence-corrected chi connectivity index (χ4v) is 2.44. The third-order valence-corrected chi connectivity index (χ3v) is 3.11. The number of rotatable bonds is 4. The molecule has 1 saturated carbocycles. The largest absolute Gasteiger partial charge is 0.459 e. The zero-order chi connectivity index (χ0) is 17.7. The van der Waals surface area contributed by atoms with E-state index in [1.165, 1.54) is 0 Å². The molecular weight excluding hydrogens is 312 g/mol. The Bertz CT molecular complexity index is 487. The highest BCUT2D eigenvalue weighted by molar-refractivity contribution is 5.69. The summed E-state index contributed by atoms with van der Waals surface area (Å²) >= 11 is 0. The van der Waals surface area contributed by atoms with Crippen LogP contribution in [0.1, 0.15) is 34.1 Å². The highest BCUT2D eigenvalue weighted by atomic mass is 16.6. The van der Waals surface area contributed by atoms with Crippen LogP contribution in [0.25, 0.3) is 0 Å². The Morgan fingerprint density at radius 3 is 1.52 bits per heavy atom. The smallest absolute Gasteiger partial charge is 0.303 e. The molecule has 23 heavy (non-hydrogen) atoms. The van der Waals surface area contributed by atoms with Gasteiger partial charge in [0, 0.05) is 34.1 Å². The van der Waals surface area contributed by atoms with Crippen LogP contribution in [-0.2, 0) is 38.1 Å². The standard InChI is InChI=1S/C14H20O9/c1-6(15)20-10-5-11(21-7(2)16)13(22-8(3)17)14(12(10)19)23-9(4)18/h10-14,19H,5H2,1-4H3/t10-,11+,12-,13+,14-/m1/s1. The topological polar surface area (TPSA) is 125 Å². The second kappa shape index (κ2) is 7.91. The van der Waals surface area contributed by atoms with Crippen LogP contribution in [0, 0.1) is 0 Å². The average molecular weight is 332 g/mol. The first-order valence-corrected chi connectivity index (χ1v) is 6.98. The number of aliphatic hydroxyl groups is 1. The van der Waals surface area contributed by atoms with Crippen LogP contribution in [-0.4, -0.2) is 59.5 Å². The van der Waals surface area contributed by atoms with Crippen LogP contribution >= 0.6 is 0 Å². The first-order valence-electron chi connectivity index (χ1n) is 6.98. The van der Waals surface area contributed by atoms with Gasteiger partial charge in [-0.2, -0.15) is 0 Å². The summed E-state index contributed by atoms with van der Waals surface area (Å²) in [5.41, 5.74) is 0. The summed E-state index contributed by atoms with van der Waals surface area (Å²) in [6.45, 7) is 4.53. The molecule has 9 heteroatoms. The van der Waals surface area contributed by atoms with Crippen molar-refractivity contribution in [3.05, 3.63) is 0 Å². The molecule has 0 amide bonds. The molecule has 0 aromatic carbocycles. The summed E-state index contributed by atoms with van der Waals surface area (Å²) < 4.78 is 20.1. The fourth-order valence-electron chi connectivity index (χ4n) is 2.44. The second-order valence-electron chi connectivity index (χ2n) is 5.17. The number of esters is 4. The minimum absolute atomic E-state index is 0.101. The van der Waals surface area contributed by atoms with E-state index in [4.69, 9.17) is 18.9 Å². The Kier molecular flexibility index (Phi) is 6.49. The van der Waals surface area contributed by atoms with E-state index in [2.05, 4.69) is 0 Å². The molecule has 0 heterocycles. The number of ether oxygens (including phenoxy) is 4. The highest BCUT2D eigenvalue weighted by Gasteiger charge is 2.51. The molecule has 1 fully saturated rings. The molecule has 0 bridgehead atoms. The molecule has 1 rings (SSSR count). The van der Waals surface area contributed by atoms with E-state index < -0.39 is 54.4 Å². The van der Waals surface area contributed by atoms with Crippen LogP contribution in [0.15, 0.2) is 0 Å². The quantitative estimate of drug-likeness (QED) is 0.534. The molecule has 9 nitrogen and oxygen atoms in total. The SMILES string of the molecule is CC(=O)O[C@@H]1[C@H](O)[C@H](OC(C)=O)C[C@H](OC(C)=O)[C@@H]1OC(C)=O. The molecule has 130 valence electrons. The average Bonchev–Trinajstić information content (AvgIpc) is 2.37. The molecule has 0 aromatic heterocycles. The zero-order valence-electron chi connectivity index (χ0n) is 13.3. The van der Waals surface area contributed by atoms with Gasteiger partial charge in [0.1, 0.15) is 18.3 Å². The normalized spacial score (nSPS) is 30.0.